The summed E-state index contributed by atoms with van der Waals surface area (Å²) < 4.78 is 40.9. The van der Waals surface area contributed by atoms with E-state index in [-0.39, 0.29) is 33.4 Å². The molecule has 1 N–H and O–H groups in total. The number of anilines is 1. The van der Waals surface area contributed by atoms with Gasteiger partial charge in [-0.25, -0.2) is 0 Å². The van der Waals surface area contributed by atoms with Crippen molar-refractivity contribution in [1.82, 2.24) is 0 Å². The standard InChI is InChI=1S/C19H21ClF3NO/c1-10(20)12-9-24(18(2,3)4)14-8-15(25)11-6-5-7-13(19(21,22)23)16(11)17(12)14/h5-8,10,12,25H,9H2,1-4H3. The van der Waals surface area contributed by atoms with Gasteiger partial charge in [0.05, 0.1) is 5.56 Å². The lowest BCUT2D eigenvalue weighted by molar-refractivity contribution is -0.136. The molecular weight excluding hydrogens is 351 g/mol. The van der Waals surface area contributed by atoms with Gasteiger partial charge in [-0.15, -0.1) is 11.6 Å². The fourth-order valence-electron chi connectivity index (χ4n) is 3.70. The molecule has 1 aliphatic rings. The molecule has 2 nitrogen and oxygen atoms in total. The smallest absolute Gasteiger partial charge is 0.417 e. The third kappa shape index (κ3) is 2.92. The van der Waals surface area contributed by atoms with Crippen LogP contribution in [0.3, 0.4) is 0 Å². The number of aromatic hydroxyl groups is 1. The maximum Gasteiger partial charge on any atom is 0.417 e. The molecule has 0 saturated carbocycles. The van der Waals surface area contributed by atoms with Crippen LogP contribution in [0.5, 0.6) is 5.75 Å². The van der Waals surface area contributed by atoms with E-state index in [1.54, 1.807) is 13.0 Å². The second kappa shape index (κ2) is 5.70. The Balaban J connectivity index is 2.45. The third-order valence-corrected chi connectivity index (χ3v) is 5.17. The van der Waals surface area contributed by atoms with Crippen LogP contribution in [0.15, 0.2) is 24.3 Å². The van der Waals surface area contributed by atoms with Gasteiger partial charge in [-0.05, 0) is 39.3 Å². The van der Waals surface area contributed by atoms with Crippen molar-refractivity contribution in [3.63, 3.8) is 0 Å². The van der Waals surface area contributed by atoms with Gasteiger partial charge in [-0.3, -0.25) is 0 Å². The molecular formula is C19H21ClF3NO. The Bertz CT molecular complexity index is 824. The number of benzene rings is 2. The first-order valence-electron chi connectivity index (χ1n) is 8.20. The zero-order chi connectivity index (χ0) is 18.7. The number of rotatable bonds is 1. The van der Waals surface area contributed by atoms with E-state index in [4.69, 9.17) is 11.6 Å². The van der Waals surface area contributed by atoms with Crippen molar-refractivity contribution < 1.29 is 18.3 Å². The first-order valence-corrected chi connectivity index (χ1v) is 8.64. The number of fused-ring (bicyclic) bond motifs is 3. The molecule has 25 heavy (non-hydrogen) atoms. The van der Waals surface area contributed by atoms with Gasteiger partial charge in [0.2, 0.25) is 0 Å². The second-order valence-corrected chi connectivity index (χ2v) is 8.31. The van der Waals surface area contributed by atoms with Crippen molar-refractivity contribution in [3.8, 4) is 5.75 Å². The predicted molar refractivity (Wildman–Crippen MR) is 95.8 cm³/mol. The van der Waals surface area contributed by atoms with Crippen LogP contribution in [0.25, 0.3) is 10.8 Å². The molecule has 0 amide bonds. The summed E-state index contributed by atoms with van der Waals surface area (Å²) in [6, 6.07) is 5.49. The number of phenolic OH excluding ortho intramolecular Hbond substituents is 1. The lowest BCUT2D eigenvalue weighted by atomic mass is 9.89. The van der Waals surface area contributed by atoms with Crippen molar-refractivity contribution in [2.24, 2.45) is 0 Å². The van der Waals surface area contributed by atoms with E-state index in [1.165, 1.54) is 12.1 Å². The average molecular weight is 372 g/mol. The summed E-state index contributed by atoms with van der Waals surface area (Å²) in [6.07, 6.45) is -4.50. The molecule has 0 bridgehead atoms. The fraction of sp³-hybridized carbons (Fsp3) is 0.474. The minimum atomic E-state index is -4.50. The highest BCUT2D eigenvalue weighted by Crippen LogP contribution is 2.51. The number of halogens is 4. The van der Waals surface area contributed by atoms with Gasteiger partial charge >= 0.3 is 6.18 Å². The Labute approximate surface area is 150 Å². The van der Waals surface area contributed by atoms with Gasteiger partial charge in [0.25, 0.3) is 0 Å². The molecule has 2 aromatic carbocycles. The van der Waals surface area contributed by atoms with Crippen LogP contribution >= 0.6 is 11.6 Å². The number of hydrogen-bond acceptors (Lipinski definition) is 2. The summed E-state index contributed by atoms with van der Waals surface area (Å²) in [5, 5.41) is 10.4. The summed E-state index contributed by atoms with van der Waals surface area (Å²) in [4.78, 5) is 2.03. The highest BCUT2D eigenvalue weighted by atomic mass is 35.5. The Morgan fingerprint density at radius 1 is 1.24 bits per heavy atom. The van der Waals surface area contributed by atoms with Crippen molar-refractivity contribution in [3.05, 3.63) is 35.4 Å². The molecule has 2 atom stereocenters. The van der Waals surface area contributed by atoms with Crippen LogP contribution in [0.4, 0.5) is 18.9 Å². The van der Waals surface area contributed by atoms with Crippen LogP contribution in [0.2, 0.25) is 0 Å². The Morgan fingerprint density at radius 3 is 2.40 bits per heavy atom. The molecule has 2 unspecified atom stereocenters. The maximum atomic E-state index is 13.6. The van der Waals surface area contributed by atoms with Crippen LogP contribution in [-0.4, -0.2) is 22.6 Å². The number of nitrogens with zero attached hydrogens (tertiary/aromatic N) is 1. The first kappa shape index (κ1) is 18.2. The topological polar surface area (TPSA) is 23.5 Å². The van der Waals surface area contributed by atoms with Gasteiger partial charge in [-0.1, -0.05) is 12.1 Å². The molecule has 1 heterocycles. The Morgan fingerprint density at radius 2 is 1.88 bits per heavy atom. The van der Waals surface area contributed by atoms with Gasteiger partial charge in [-0.2, -0.15) is 13.2 Å². The predicted octanol–water partition coefficient (Wildman–Crippen LogP) is 5.89. The molecule has 0 spiro atoms. The molecule has 0 saturated heterocycles. The molecule has 0 aromatic heterocycles. The van der Waals surface area contributed by atoms with E-state index in [2.05, 4.69) is 0 Å². The summed E-state index contributed by atoms with van der Waals surface area (Å²) >= 11 is 6.36. The van der Waals surface area contributed by atoms with Gasteiger partial charge in [0.1, 0.15) is 5.75 Å². The van der Waals surface area contributed by atoms with Crippen LogP contribution in [-0.2, 0) is 6.18 Å². The quantitative estimate of drug-likeness (QED) is 0.631. The van der Waals surface area contributed by atoms with E-state index >= 15 is 0 Å². The molecule has 0 radical (unpaired) electrons. The number of hydrogen-bond donors (Lipinski definition) is 1. The molecule has 1 aliphatic heterocycles. The highest BCUT2D eigenvalue weighted by molar-refractivity contribution is 6.21. The monoisotopic (exact) mass is 371 g/mol. The molecule has 0 fully saturated rings. The average Bonchev–Trinajstić information content (AvgIpc) is 2.85. The Hall–Kier alpha value is -1.62. The van der Waals surface area contributed by atoms with Crippen LogP contribution < -0.4 is 4.90 Å². The minimum absolute atomic E-state index is 0.0641. The lowest BCUT2D eigenvalue weighted by Crippen LogP contribution is -2.41. The summed E-state index contributed by atoms with van der Waals surface area (Å²) in [6.45, 7) is 8.31. The van der Waals surface area contributed by atoms with Crippen LogP contribution in [0, 0.1) is 0 Å². The van der Waals surface area contributed by atoms with Crippen LogP contribution in [0.1, 0.15) is 44.7 Å². The summed E-state index contributed by atoms with van der Waals surface area (Å²) in [7, 11) is 0. The van der Waals surface area contributed by atoms with E-state index in [0.29, 0.717) is 17.8 Å². The van der Waals surface area contributed by atoms with E-state index in [1.807, 2.05) is 25.7 Å². The zero-order valence-corrected chi connectivity index (χ0v) is 15.3. The SMILES string of the molecule is CC(Cl)C1CN(C(C)(C)C)c2cc(O)c3cccc(C(F)(F)F)c3c21. The Kier molecular flexibility index (Phi) is 4.14. The first-order chi connectivity index (χ1) is 11.4. The van der Waals surface area contributed by atoms with E-state index in [0.717, 1.165) is 6.07 Å². The van der Waals surface area contributed by atoms with Gasteiger partial charge in [0.15, 0.2) is 0 Å². The van der Waals surface area contributed by atoms with Crippen molar-refractivity contribution in [1.29, 1.82) is 0 Å². The summed E-state index contributed by atoms with van der Waals surface area (Å²) in [5.41, 5.74) is 0.183. The number of alkyl halides is 4. The fourth-order valence-corrected chi connectivity index (χ4v) is 3.91. The molecule has 3 rings (SSSR count). The second-order valence-electron chi connectivity index (χ2n) is 7.62. The number of phenols is 1. The zero-order valence-electron chi connectivity index (χ0n) is 14.6. The summed E-state index contributed by atoms with van der Waals surface area (Å²) in [5.74, 6) is -0.389. The van der Waals surface area contributed by atoms with E-state index < -0.39 is 11.7 Å². The largest absolute Gasteiger partial charge is 0.507 e. The highest BCUT2D eigenvalue weighted by Gasteiger charge is 2.42. The molecule has 2 aromatic rings. The lowest BCUT2D eigenvalue weighted by Gasteiger charge is -2.35. The van der Waals surface area contributed by atoms with Crippen molar-refractivity contribution in [2.45, 2.75) is 50.7 Å². The van der Waals surface area contributed by atoms with E-state index in [9.17, 15) is 18.3 Å². The maximum absolute atomic E-state index is 13.6. The molecule has 6 heteroatoms. The minimum Gasteiger partial charge on any atom is -0.507 e. The van der Waals surface area contributed by atoms with Crippen molar-refractivity contribution in [2.75, 3.05) is 11.4 Å². The normalized spacial score (nSPS) is 19.4. The third-order valence-electron chi connectivity index (χ3n) is 4.87. The van der Waals surface area contributed by atoms with Gasteiger partial charge in [0, 0.05) is 45.9 Å². The van der Waals surface area contributed by atoms with Crippen molar-refractivity contribution >= 4 is 28.1 Å². The molecule has 136 valence electrons. The molecule has 0 aliphatic carbocycles. The van der Waals surface area contributed by atoms with Gasteiger partial charge < -0.3 is 10.0 Å².